The Morgan fingerprint density at radius 1 is 1.14 bits per heavy atom. The lowest BCUT2D eigenvalue weighted by atomic mass is 9.69. The molecule has 0 aromatic heterocycles. The fourth-order valence-electron chi connectivity index (χ4n) is 3.78. The van der Waals surface area contributed by atoms with E-state index in [0.717, 1.165) is 6.42 Å². The second kappa shape index (κ2) is 5.83. The Balaban J connectivity index is 2.72. The summed E-state index contributed by atoms with van der Waals surface area (Å²) in [6, 6.07) is 0. The number of fused-ring (bicyclic) bond motifs is 1. The summed E-state index contributed by atoms with van der Waals surface area (Å²) in [5.74, 6) is 0. The summed E-state index contributed by atoms with van der Waals surface area (Å²) in [4.78, 5) is 0. The Morgan fingerprint density at radius 2 is 1.81 bits per heavy atom. The van der Waals surface area contributed by atoms with Gasteiger partial charge in [0.25, 0.3) is 0 Å². The van der Waals surface area contributed by atoms with Crippen molar-refractivity contribution in [1.82, 2.24) is 0 Å². The van der Waals surface area contributed by atoms with E-state index in [1.807, 2.05) is 0 Å². The quantitative estimate of drug-likeness (QED) is 0.576. The van der Waals surface area contributed by atoms with E-state index in [4.69, 9.17) is 0 Å². The Labute approximate surface area is 131 Å². The van der Waals surface area contributed by atoms with Crippen molar-refractivity contribution in [3.63, 3.8) is 0 Å². The zero-order valence-electron chi connectivity index (χ0n) is 14.7. The van der Waals surface area contributed by atoms with Crippen LogP contribution in [0.15, 0.2) is 18.2 Å². The molecule has 21 heavy (non-hydrogen) atoms. The molecule has 0 aliphatic heterocycles. The highest BCUT2D eigenvalue weighted by Gasteiger charge is 2.30. The van der Waals surface area contributed by atoms with Crippen LogP contribution in [0.3, 0.4) is 0 Å². The molecular weight excluding hydrogens is 252 g/mol. The van der Waals surface area contributed by atoms with Gasteiger partial charge in [0, 0.05) is 5.41 Å². The second-order valence-corrected chi connectivity index (χ2v) is 7.06. The van der Waals surface area contributed by atoms with Crippen molar-refractivity contribution >= 4 is 6.08 Å². The molecule has 0 amide bonds. The molecule has 0 atom stereocenters. The first-order valence-corrected chi connectivity index (χ1v) is 8.30. The predicted octanol–water partition coefficient (Wildman–Crippen LogP) is 6.21. The molecule has 0 saturated heterocycles. The summed E-state index contributed by atoms with van der Waals surface area (Å²) in [5, 5.41) is 0. The summed E-state index contributed by atoms with van der Waals surface area (Å²) in [5.41, 5.74) is 10.4. The lowest BCUT2D eigenvalue weighted by Gasteiger charge is -2.35. The Morgan fingerprint density at radius 3 is 2.43 bits per heavy atom. The minimum absolute atomic E-state index is 0.0459. The Bertz CT molecular complexity index is 597. The Hall–Kier alpha value is -1.30. The van der Waals surface area contributed by atoms with Crippen molar-refractivity contribution in [2.45, 2.75) is 72.6 Å². The number of hydrogen-bond donors (Lipinski definition) is 0. The van der Waals surface area contributed by atoms with Gasteiger partial charge in [0.15, 0.2) is 0 Å². The normalized spacial score (nSPS) is 14.2. The predicted molar refractivity (Wildman–Crippen MR) is 95.1 cm³/mol. The van der Waals surface area contributed by atoms with Crippen LogP contribution in [0.2, 0.25) is 0 Å². The summed E-state index contributed by atoms with van der Waals surface area (Å²) >= 11 is 0. The molecule has 0 N–H and O–H groups in total. The van der Waals surface area contributed by atoms with Crippen LogP contribution in [0.1, 0.15) is 73.4 Å². The number of rotatable bonds is 4. The topological polar surface area (TPSA) is 0 Å². The molecule has 0 saturated carbocycles. The van der Waals surface area contributed by atoms with Gasteiger partial charge in [-0.25, -0.2) is 0 Å². The van der Waals surface area contributed by atoms with Crippen LogP contribution in [0.5, 0.6) is 0 Å². The van der Waals surface area contributed by atoms with Crippen LogP contribution in [0.4, 0.5) is 0 Å². The minimum Gasteiger partial charge on any atom is -0.0990 e. The van der Waals surface area contributed by atoms with Crippen molar-refractivity contribution in [1.29, 1.82) is 0 Å². The second-order valence-electron chi connectivity index (χ2n) is 7.06. The van der Waals surface area contributed by atoms with E-state index in [1.165, 1.54) is 52.7 Å². The third-order valence-corrected chi connectivity index (χ3v) is 5.45. The maximum atomic E-state index is 4.41. The van der Waals surface area contributed by atoms with Gasteiger partial charge < -0.3 is 0 Å². The van der Waals surface area contributed by atoms with Crippen LogP contribution >= 0.6 is 0 Å². The van der Waals surface area contributed by atoms with Gasteiger partial charge in [-0.1, -0.05) is 51.5 Å². The monoisotopic (exact) mass is 282 g/mol. The SMILES string of the molecule is C=C(CCC)C(C)(C)c1c(C)c(C)c(C)c2c1C=CCC2. The molecule has 0 radical (unpaired) electrons. The average molecular weight is 282 g/mol. The summed E-state index contributed by atoms with van der Waals surface area (Å²) < 4.78 is 0. The van der Waals surface area contributed by atoms with Crippen LogP contribution < -0.4 is 0 Å². The lowest BCUT2D eigenvalue weighted by Crippen LogP contribution is -2.25. The van der Waals surface area contributed by atoms with E-state index in [2.05, 4.69) is 60.3 Å². The van der Waals surface area contributed by atoms with Crippen molar-refractivity contribution in [3.05, 3.63) is 51.6 Å². The van der Waals surface area contributed by atoms with E-state index in [0.29, 0.717) is 0 Å². The lowest BCUT2D eigenvalue weighted by molar-refractivity contribution is 0.583. The molecule has 1 aliphatic carbocycles. The van der Waals surface area contributed by atoms with Crippen LogP contribution in [0.25, 0.3) is 6.08 Å². The summed E-state index contributed by atoms with van der Waals surface area (Å²) in [7, 11) is 0. The Kier molecular flexibility index (Phi) is 4.46. The van der Waals surface area contributed by atoms with Gasteiger partial charge in [-0.3, -0.25) is 0 Å². The minimum atomic E-state index is 0.0459. The van der Waals surface area contributed by atoms with Gasteiger partial charge in [-0.05, 0) is 73.4 Å². The fraction of sp³-hybridized carbons (Fsp3) is 0.524. The molecule has 1 aromatic rings. The molecular formula is C21H30. The number of allylic oxidation sites excluding steroid dienone is 2. The van der Waals surface area contributed by atoms with Gasteiger partial charge >= 0.3 is 0 Å². The van der Waals surface area contributed by atoms with E-state index in [-0.39, 0.29) is 5.41 Å². The van der Waals surface area contributed by atoms with Crippen LogP contribution in [-0.2, 0) is 11.8 Å². The van der Waals surface area contributed by atoms with Gasteiger partial charge in [-0.15, -0.1) is 0 Å². The molecule has 2 rings (SSSR count). The fourth-order valence-corrected chi connectivity index (χ4v) is 3.78. The van der Waals surface area contributed by atoms with Gasteiger partial charge in [-0.2, -0.15) is 0 Å². The van der Waals surface area contributed by atoms with E-state index >= 15 is 0 Å². The standard InChI is InChI=1S/C21H30/c1-8-11-14(2)21(6,7)20-17(5)15(3)16(4)18-12-9-10-13-19(18)20/h10,13H,2,8-9,11-12H2,1,3-7H3. The van der Waals surface area contributed by atoms with E-state index < -0.39 is 0 Å². The van der Waals surface area contributed by atoms with Crippen molar-refractivity contribution < 1.29 is 0 Å². The van der Waals surface area contributed by atoms with E-state index in [9.17, 15) is 0 Å². The largest absolute Gasteiger partial charge is 0.0990 e. The maximum Gasteiger partial charge on any atom is 0.0111 e. The van der Waals surface area contributed by atoms with Gasteiger partial charge in [0.1, 0.15) is 0 Å². The number of benzene rings is 1. The van der Waals surface area contributed by atoms with E-state index in [1.54, 1.807) is 5.56 Å². The van der Waals surface area contributed by atoms with Crippen molar-refractivity contribution in [3.8, 4) is 0 Å². The summed E-state index contributed by atoms with van der Waals surface area (Å²) in [6.07, 6.45) is 9.32. The first-order chi connectivity index (χ1) is 9.82. The molecule has 0 unspecified atom stereocenters. The molecule has 0 bridgehead atoms. The average Bonchev–Trinajstić information content (AvgIpc) is 2.45. The highest BCUT2D eigenvalue weighted by Crippen LogP contribution is 2.42. The molecule has 114 valence electrons. The zero-order valence-corrected chi connectivity index (χ0v) is 14.7. The number of hydrogen-bond acceptors (Lipinski definition) is 0. The molecule has 0 fully saturated rings. The molecule has 1 aliphatic rings. The van der Waals surface area contributed by atoms with Crippen molar-refractivity contribution in [2.24, 2.45) is 0 Å². The third-order valence-electron chi connectivity index (χ3n) is 5.45. The molecule has 1 aromatic carbocycles. The highest BCUT2D eigenvalue weighted by molar-refractivity contribution is 5.68. The first-order valence-electron chi connectivity index (χ1n) is 8.30. The van der Waals surface area contributed by atoms with Gasteiger partial charge in [0.2, 0.25) is 0 Å². The maximum absolute atomic E-state index is 4.41. The van der Waals surface area contributed by atoms with Crippen LogP contribution in [0, 0.1) is 20.8 Å². The summed E-state index contributed by atoms with van der Waals surface area (Å²) in [6.45, 7) is 18.2. The van der Waals surface area contributed by atoms with Crippen molar-refractivity contribution in [2.75, 3.05) is 0 Å². The molecule has 0 heteroatoms. The van der Waals surface area contributed by atoms with Gasteiger partial charge in [0.05, 0.1) is 0 Å². The first kappa shape index (κ1) is 16.1. The smallest absolute Gasteiger partial charge is 0.0111 e. The van der Waals surface area contributed by atoms with Crippen LogP contribution in [-0.4, -0.2) is 0 Å². The molecule has 0 spiro atoms. The zero-order chi connectivity index (χ0) is 15.8. The third kappa shape index (κ3) is 2.61. The highest BCUT2D eigenvalue weighted by atomic mass is 14.3. The molecule has 0 heterocycles. The molecule has 0 nitrogen and oxygen atoms in total.